The second-order valence-corrected chi connectivity index (χ2v) is 11.7. The van der Waals surface area contributed by atoms with E-state index in [4.69, 9.17) is 0 Å². The smallest absolute Gasteiger partial charge is 0.163 e. The summed E-state index contributed by atoms with van der Waals surface area (Å²) in [7, 11) is -3.08. The highest BCUT2D eigenvalue weighted by Gasteiger charge is 2.40. The molecule has 7 nitrogen and oxygen atoms in total. The summed E-state index contributed by atoms with van der Waals surface area (Å²) in [6, 6.07) is 13.8. The number of ketones is 1. The highest BCUT2D eigenvalue weighted by atomic mass is 32.2. The third-order valence-electron chi connectivity index (χ3n) is 6.05. The average Bonchev–Trinajstić information content (AvgIpc) is 3.32. The lowest BCUT2D eigenvalue weighted by atomic mass is 9.83. The van der Waals surface area contributed by atoms with Crippen LogP contribution in [0.4, 0.5) is 0 Å². The van der Waals surface area contributed by atoms with Gasteiger partial charge in [-0.05, 0) is 58.5 Å². The van der Waals surface area contributed by atoms with Crippen molar-refractivity contribution >= 4 is 15.6 Å². The number of sulfone groups is 1. The van der Waals surface area contributed by atoms with Gasteiger partial charge in [0.25, 0.3) is 0 Å². The molecule has 32 heavy (non-hydrogen) atoms. The molecule has 3 aromatic rings. The van der Waals surface area contributed by atoms with Crippen LogP contribution in [-0.4, -0.2) is 45.9 Å². The lowest BCUT2D eigenvalue weighted by Gasteiger charge is -2.21. The van der Waals surface area contributed by atoms with Crippen molar-refractivity contribution in [3.05, 3.63) is 59.4 Å². The molecular formula is C24H28N4O3S. The fourth-order valence-electron chi connectivity index (χ4n) is 4.25. The fraction of sp³-hybridized carbons (Fsp3) is 0.417. The average molecular weight is 453 g/mol. The van der Waals surface area contributed by atoms with Crippen molar-refractivity contribution < 1.29 is 13.2 Å². The summed E-state index contributed by atoms with van der Waals surface area (Å²) in [6.07, 6.45) is 0.700. The van der Waals surface area contributed by atoms with Gasteiger partial charge in [-0.1, -0.05) is 50.6 Å². The Hall–Kier alpha value is -2.87. The number of hydrogen-bond acceptors (Lipinski definition) is 6. The summed E-state index contributed by atoms with van der Waals surface area (Å²) in [5.41, 5.74) is 3.74. The van der Waals surface area contributed by atoms with E-state index in [2.05, 4.69) is 15.5 Å². The molecule has 1 saturated heterocycles. The first-order valence-electron chi connectivity index (χ1n) is 10.8. The largest absolute Gasteiger partial charge is 0.294 e. The molecule has 0 aliphatic carbocycles. The van der Waals surface area contributed by atoms with Gasteiger partial charge in [0.2, 0.25) is 0 Å². The van der Waals surface area contributed by atoms with Crippen molar-refractivity contribution in [2.45, 2.75) is 46.5 Å². The second-order valence-electron chi connectivity index (χ2n) is 9.49. The molecule has 168 valence electrons. The van der Waals surface area contributed by atoms with Crippen molar-refractivity contribution in [1.82, 2.24) is 20.2 Å². The van der Waals surface area contributed by atoms with E-state index < -0.39 is 15.3 Å². The lowest BCUT2D eigenvalue weighted by Crippen LogP contribution is -2.22. The summed E-state index contributed by atoms with van der Waals surface area (Å²) >= 11 is 0. The first-order chi connectivity index (χ1) is 15.1. The van der Waals surface area contributed by atoms with E-state index in [1.165, 1.54) is 0 Å². The fourth-order valence-corrected chi connectivity index (χ4v) is 6.51. The number of benzene rings is 2. The highest BCUT2D eigenvalue weighted by Crippen LogP contribution is 2.37. The van der Waals surface area contributed by atoms with Crippen molar-refractivity contribution in [2.24, 2.45) is 5.41 Å². The maximum Gasteiger partial charge on any atom is 0.163 e. The summed E-state index contributed by atoms with van der Waals surface area (Å²) < 4.78 is 25.7. The molecule has 2 heterocycles. The SMILES string of the molecule is Cc1ccc(-c2cc(C(=O)CC3(C)CCS(=O)(=O)C3)cc(-n3nnnc3C(C)C)c2)cc1. The van der Waals surface area contributed by atoms with Crippen LogP contribution in [-0.2, 0) is 9.84 Å². The van der Waals surface area contributed by atoms with Gasteiger partial charge in [0.1, 0.15) is 0 Å². The van der Waals surface area contributed by atoms with Gasteiger partial charge in [-0.2, -0.15) is 4.68 Å². The molecule has 0 amide bonds. The molecule has 1 aromatic heterocycles. The standard InChI is InChI=1S/C24H28N4O3S/c1-16(2)23-25-26-27-28(23)21-12-19(18-7-5-17(3)6-8-18)11-20(13-21)22(29)14-24(4)9-10-32(30,31)15-24/h5-8,11-13,16H,9-10,14-15H2,1-4H3. The van der Waals surface area contributed by atoms with Crippen LogP contribution in [0, 0.1) is 12.3 Å². The molecule has 1 unspecified atom stereocenters. The summed E-state index contributed by atoms with van der Waals surface area (Å²) in [6.45, 7) is 7.94. The molecule has 1 aliphatic heterocycles. The first kappa shape index (κ1) is 22.3. The Balaban J connectivity index is 1.77. The van der Waals surface area contributed by atoms with Gasteiger partial charge in [-0.15, -0.1) is 5.10 Å². The van der Waals surface area contributed by atoms with Crippen LogP contribution in [0.2, 0.25) is 0 Å². The Morgan fingerprint density at radius 3 is 2.47 bits per heavy atom. The zero-order valence-electron chi connectivity index (χ0n) is 18.9. The molecule has 0 N–H and O–H groups in total. The molecule has 1 atom stereocenters. The molecule has 1 aliphatic rings. The lowest BCUT2D eigenvalue weighted by molar-refractivity contribution is 0.0934. The normalized spacial score (nSPS) is 20.0. The van der Waals surface area contributed by atoms with Crippen LogP contribution in [0.1, 0.15) is 61.3 Å². The number of nitrogens with zero attached hydrogens (tertiary/aromatic N) is 4. The van der Waals surface area contributed by atoms with Crippen LogP contribution < -0.4 is 0 Å². The zero-order chi connectivity index (χ0) is 23.1. The highest BCUT2D eigenvalue weighted by molar-refractivity contribution is 7.91. The molecule has 0 spiro atoms. The van der Waals surface area contributed by atoms with Crippen LogP contribution in [0.15, 0.2) is 42.5 Å². The van der Waals surface area contributed by atoms with Crippen molar-refractivity contribution in [2.75, 3.05) is 11.5 Å². The monoisotopic (exact) mass is 452 g/mol. The predicted octanol–water partition coefficient (Wildman–Crippen LogP) is 4.16. The number of carbonyl (C=O) groups excluding carboxylic acids is 1. The van der Waals surface area contributed by atoms with E-state index in [-0.39, 0.29) is 29.6 Å². The molecule has 2 aromatic carbocycles. The van der Waals surface area contributed by atoms with Crippen molar-refractivity contribution in [1.29, 1.82) is 0 Å². The maximum absolute atomic E-state index is 13.3. The van der Waals surface area contributed by atoms with Crippen LogP contribution in [0.5, 0.6) is 0 Å². The quantitative estimate of drug-likeness (QED) is 0.521. The summed E-state index contributed by atoms with van der Waals surface area (Å²) in [5.74, 6) is 0.946. The Bertz CT molecular complexity index is 1260. The van der Waals surface area contributed by atoms with E-state index >= 15 is 0 Å². The predicted molar refractivity (Wildman–Crippen MR) is 124 cm³/mol. The van der Waals surface area contributed by atoms with Gasteiger partial charge in [0.05, 0.1) is 17.2 Å². The summed E-state index contributed by atoms with van der Waals surface area (Å²) in [5, 5.41) is 12.1. The number of tetrazole rings is 1. The van der Waals surface area contributed by atoms with Gasteiger partial charge in [-0.3, -0.25) is 4.79 Å². The Morgan fingerprint density at radius 2 is 1.84 bits per heavy atom. The number of hydrogen-bond donors (Lipinski definition) is 0. The first-order valence-corrected chi connectivity index (χ1v) is 12.6. The maximum atomic E-state index is 13.3. The van der Waals surface area contributed by atoms with Crippen molar-refractivity contribution in [3.63, 3.8) is 0 Å². The molecule has 8 heteroatoms. The minimum atomic E-state index is -3.08. The molecular weight excluding hydrogens is 424 g/mol. The van der Waals surface area contributed by atoms with Crippen molar-refractivity contribution in [3.8, 4) is 16.8 Å². The van der Waals surface area contributed by atoms with Gasteiger partial charge >= 0.3 is 0 Å². The third-order valence-corrected chi connectivity index (χ3v) is 8.01. The number of carbonyl (C=O) groups is 1. The minimum Gasteiger partial charge on any atom is -0.294 e. The van der Waals surface area contributed by atoms with Gasteiger partial charge < -0.3 is 0 Å². The molecule has 1 fully saturated rings. The van der Waals surface area contributed by atoms with Crippen LogP contribution in [0.25, 0.3) is 16.8 Å². The van der Waals surface area contributed by atoms with Gasteiger partial charge in [0.15, 0.2) is 21.4 Å². The van der Waals surface area contributed by atoms with E-state index in [1.807, 2.05) is 64.1 Å². The number of rotatable bonds is 6. The Kier molecular flexibility index (Phi) is 5.75. The second kappa shape index (κ2) is 8.24. The molecule has 0 saturated carbocycles. The van der Waals surface area contributed by atoms with E-state index in [0.29, 0.717) is 23.5 Å². The van der Waals surface area contributed by atoms with E-state index in [0.717, 1.165) is 16.7 Å². The molecule has 0 radical (unpaired) electrons. The Labute approximate surface area is 188 Å². The molecule has 0 bridgehead atoms. The summed E-state index contributed by atoms with van der Waals surface area (Å²) in [4.78, 5) is 13.3. The number of aromatic nitrogens is 4. The van der Waals surface area contributed by atoms with Crippen LogP contribution >= 0.6 is 0 Å². The Morgan fingerprint density at radius 1 is 1.12 bits per heavy atom. The van der Waals surface area contributed by atoms with Crippen LogP contribution in [0.3, 0.4) is 0 Å². The molecule has 4 rings (SSSR count). The van der Waals surface area contributed by atoms with E-state index in [9.17, 15) is 13.2 Å². The number of aryl methyl sites for hydroxylation is 1. The number of Topliss-reactive ketones (excluding diaryl/α,β-unsaturated/α-hetero) is 1. The zero-order valence-corrected chi connectivity index (χ0v) is 19.7. The minimum absolute atomic E-state index is 0.0563. The van der Waals surface area contributed by atoms with E-state index in [1.54, 1.807) is 10.7 Å². The third kappa shape index (κ3) is 4.65. The van der Waals surface area contributed by atoms with Gasteiger partial charge in [0, 0.05) is 17.9 Å². The van der Waals surface area contributed by atoms with Gasteiger partial charge in [-0.25, -0.2) is 8.42 Å². The topological polar surface area (TPSA) is 94.8 Å².